The van der Waals surface area contributed by atoms with Crippen LogP contribution in [0.25, 0.3) is 0 Å². The van der Waals surface area contributed by atoms with E-state index in [1.165, 1.54) is 11.1 Å². The van der Waals surface area contributed by atoms with E-state index in [-0.39, 0.29) is 11.6 Å². The molecule has 2 rings (SSSR count). The van der Waals surface area contributed by atoms with E-state index in [2.05, 4.69) is 60.7 Å². The van der Waals surface area contributed by atoms with Crippen molar-refractivity contribution in [3.05, 3.63) is 71.8 Å². The smallest absolute Gasteiger partial charge is 0.0238 e. The summed E-state index contributed by atoms with van der Waals surface area (Å²) in [6, 6.07) is 21.2. The Morgan fingerprint density at radius 1 is 0.562 bits per heavy atom. The fraction of sp³-hybridized carbons (Fsp3) is 0.143. The van der Waals surface area contributed by atoms with Gasteiger partial charge in [-0.15, -0.1) is 0 Å². The van der Waals surface area contributed by atoms with Crippen molar-refractivity contribution in [1.29, 1.82) is 0 Å². The van der Waals surface area contributed by atoms with Crippen molar-refractivity contribution in [2.24, 2.45) is 0 Å². The SMILES string of the molecule is N.O.c1ccc(CCc2ccccc2)cc1. The molecule has 86 valence electrons. The third kappa shape index (κ3) is 4.26. The maximum atomic E-state index is 2.18. The highest BCUT2D eigenvalue weighted by Gasteiger charge is 1.93. The molecule has 0 aliphatic heterocycles. The first-order valence-corrected chi connectivity index (χ1v) is 5.03. The number of benzene rings is 2. The zero-order valence-electron chi connectivity index (χ0n) is 9.39. The van der Waals surface area contributed by atoms with Crippen LogP contribution in [0.3, 0.4) is 0 Å². The van der Waals surface area contributed by atoms with Gasteiger partial charge < -0.3 is 11.6 Å². The van der Waals surface area contributed by atoms with Crippen molar-refractivity contribution < 1.29 is 5.48 Å². The third-order valence-corrected chi connectivity index (χ3v) is 2.39. The molecule has 5 N–H and O–H groups in total. The van der Waals surface area contributed by atoms with Crippen LogP contribution < -0.4 is 6.15 Å². The lowest BCUT2D eigenvalue weighted by atomic mass is 10.0. The van der Waals surface area contributed by atoms with Crippen LogP contribution in [-0.4, -0.2) is 5.48 Å². The summed E-state index contributed by atoms with van der Waals surface area (Å²) in [5.41, 5.74) is 2.83. The van der Waals surface area contributed by atoms with Crippen LogP contribution in [0.2, 0.25) is 0 Å². The van der Waals surface area contributed by atoms with E-state index >= 15 is 0 Å². The molecule has 2 aromatic carbocycles. The molecule has 0 aliphatic rings. The average Bonchev–Trinajstić information content (AvgIpc) is 2.29. The van der Waals surface area contributed by atoms with Gasteiger partial charge in [-0.3, -0.25) is 0 Å². The molecule has 0 atom stereocenters. The number of hydrogen-bond acceptors (Lipinski definition) is 1. The molecule has 2 heteroatoms. The summed E-state index contributed by atoms with van der Waals surface area (Å²) in [5, 5.41) is 0. The quantitative estimate of drug-likeness (QED) is 0.844. The molecule has 0 aliphatic carbocycles. The topological polar surface area (TPSA) is 66.5 Å². The summed E-state index contributed by atoms with van der Waals surface area (Å²) in [6.45, 7) is 0. The molecule has 0 fully saturated rings. The summed E-state index contributed by atoms with van der Waals surface area (Å²) >= 11 is 0. The Morgan fingerprint density at radius 3 is 1.19 bits per heavy atom. The highest BCUT2D eigenvalue weighted by Crippen LogP contribution is 2.06. The molecular weight excluding hydrogens is 198 g/mol. The molecule has 2 nitrogen and oxygen atoms in total. The maximum absolute atomic E-state index is 2.18. The van der Waals surface area contributed by atoms with Crippen LogP contribution in [0, 0.1) is 0 Å². The predicted octanol–water partition coefficient (Wildman–Crippen LogP) is 2.81. The Balaban J connectivity index is 0.00000112. The van der Waals surface area contributed by atoms with Crippen molar-refractivity contribution in [2.45, 2.75) is 12.8 Å². The van der Waals surface area contributed by atoms with E-state index in [9.17, 15) is 0 Å². The second-order valence-electron chi connectivity index (χ2n) is 3.47. The Labute approximate surface area is 96.8 Å². The molecular formula is C14H19NO. The molecule has 0 saturated heterocycles. The van der Waals surface area contributed by atoms with Gasteiger partial charge in [0.1, 0.15) is 0 Å². The fourth-order valence-corrected chi connectivity index (χ4v) is 1.58. The van der Waals surface area contributed by atoms with Crippen molar-refractivity contribution in [3.63, 3.8) is 0 Å². The second kappa shape index (κ2) is 7.63. The average molecular weight is 217 g/mol. The van der Waals surface area contributed by atoms with Gasteiger partial charge in [0.15, 0.2) is 0 Å². The third-order valence-electron chi connectivity index (χ3n) is 2.39. The Hall–Kier alpha value is -1.64. The van der Waals surface area contributed by atoms with Gasteiger partial charge in [-0.25, -0.2) is 0 Å². The fourth-order valence-electron chi connectivity index (χ4n) is 1.58. The molecule has 16 heavy (non-hydrogen) atoms. The standard InChI is InChI=1S/C14H14.H3N.H2O/c1-3-7-13(8-4-1)11-12-14-9-5-2-6-10-14;;/h1-10H,11-12H2;1H3;1H2. The van der Waals surface area contributed by atoms with Gasteiger partial charge in [-0.05, 0) is 24.0 Å². The van der Waals surface area contributed by atoms with Crippen LogP contribution >= 0.6 is 0 Å². The van der Waals surface area contributed by atoms with E-state index in [1.807, 2.05) is 0 Å². The van der Waals surface area contributed by atoms with E-state index < -0.39 is 0 Å². The first-order chi connectivity index (χ1) is 6.95. The van der Waals surface area contributed by atoms with E-state index in [0.29, 0.717) is 0 Å². The summed E-state index contributed by atoms with van der Waals surface area (Å²) in [4.78, 5) is 0. The van der Waals surface area contributed by atoms with E-state index in [1.54, 1.807) is 0 Å². The van der Waals surface area contributed by atoms with E-state index in [4.69, 9.17) is 0 Å². The molecule has 2 aromatic rings. The minimum atomic E-state index is 0. The molecule has 0 unspecified atom stereocenters. The predicted molar refractivity (Wildman–Crippen MR) is 68.9 cm³/mol. The minimum absolute atomic E-state index is 0. The van der Waals surface area contributed by atoms with Gasteiger partial charge >= 0.3 is 0 Å². The largest absolute Gasteiger partial charge is 0.412 e. The lowest BCUT2D eigenvalue weighted by Crippen LogP contribution is -1.89. The molecule has 0 bridgehead atoms. The Bertz CT molecular complexity index is 333. The summed E-state index contributed by atoms with van der Waals surface area (Å²) < 4.78 is 0. The molecule has 0 heterocycles. The monoisotopic (exact) mass is 217 g/mol. The highest BCUT2D eigenvalue weighted by molar-refractivity contribution is 5.19. The van der Waals surface area contributed by atoms with Gasteiger partial charge in [0.25, 0.3) is 0 Å². The van der Waals surface area contributed by atoms with E-state index in [0.717, 1.165) is 12.8 Å². The van der Waals surface area contributed by atoms with Crippen molar-refractivity contribution in [3.8, 4) is 0 Å². The first kappa shape index (κ1) is 14.4. The van der Waals surface area contributed by atoms with Crippen molar-refractivity contribution >= 4 is 0 Å². The molecule has 0 saturated carbocycles. The lowest BCUT2D eigenvalue weighted by Gasteiger charge is -2.01. The van der Waals surface area contributed by atoms with Gasteiger partial charge in [0, 0.05) is 0 Å². The Morgan fingerprint density at radius 2 is 0.875 bits per heavy atom. The molecule has 0 aromatic heterocycles. The van der Waals surface area contributed by atoms with Gasteiger partial charge in [0.05, 0.1) is 0 Å². The number of hydrogen-bond donors (Lipinski definition) is 1. The minimum Gasteiger partial charge on any atom is -0.412 e. The summed E-state index contributed by atoms with van der Waals surface area (Å²) in [7, 11) is 0. The normalized spacial score (nSPS) is 8.75. The van der Waals surface area contributed by atoms with Crippen LogP contribution in [0.4, 0.5) is 0 Å². The van der Waals surface area contributed by atoms with Gasteiger partial charge in [-0.2, -0.15) is 0 Å². The van der Waals surface area contributed by atoms with Crippen molar-refractivity contribution in [1.82, 2.24) is 6.15 Å². The zero-order chi connectivity index (χ0) is 9.64. The number of rotatable bonds is 3. The number of aryl methyl sites for hydroxylation is 2. The molecule has 0 radical (unpaired) electrons. The van der Waals surface area contributed by atoms with Gasteiger partial charge in [0.2, 0.25) is 0 Å². The van der Waals surface area contributed by atoms with Crippen LogP contribution in [0.15, 0.2) is 60.7 Å². The lowest BCUT2D eigenvalue weighted by molar-refractivity contribution is 0.824. The van der Waals surface area contributed by atoms with Crippen LogP contribution in [-0.2, 0) is 12.8 Å². The highest BCUT2D eigenvalue weighted by atomic mass is 16.0. The molecule has 0 spiro atoms. The van der Waals surface area contributed by atoms with Crippen LogP contribution in [0.5, 0.6) is 0 Å². The summed E-state index contributed by atoms with van der Waals surface area (Å²) in [6.07, 6.45) is 2.26. The Kier molecular flexibility index (Phi) is 6.84. The first-order valence-electron chi connectivity index (χ1n) is 5.03. The maximum Gasteiger partial charge on any atom is -0.0238 e. The van der Waals surface area contributed by atoms with Gasteiger partial charge in [-0.1, -0.05) is 60.7 Å². The van der Waals surface area contributed by atoms with Crippen molar-refractivity contribution in [2.75, 3.05) is 0 Å². The summed E-state index contributed by atoms with van der Waals surface area (Å²) in [5.74, 6) is 0. The second-order valence-corrected chi connectivity index (χ2v) is 3.47. The zero-order valence-corrected chi connectivity index (χ0v) is 9.39. The molecule has 0 amide bonds. The van der Waals surface area contributed by atoms with Crippen LogP contribution in [0.1, 0.15) is 11.1 Å².